The first-order valence-electron chi connectivity index (χ1n) is 9.90. The second-order valence-corrected chi connectivity index (χ2v) is 9.40. The van der Waals surface area contributed by atoms with Crippen molar-refractivity contribution in [1.29, 1.82) is 0 Å². The number of aliphatic carboxylic acids is 2. The molecule has 0 radical (unpaired) electrons. The molecule has 2 atom stereocenters. The Labute approximate surface area is 204 Å². The van der Waals surface area contributed by atoms with Crippen LogP contribution in [-0.2, 0) is 32.1 Å². The Morgan fingerprint density at radius 1 is 1.20 bits per heavy atom. The lowest BCUT2D eigenvalue weighted by Crippen LogP contribution is -2.70. The first-order chi connectivity index (χ1) is 16.7. The maximum absolute atomic E-state index is 12.7. The highest BCUT2D eigenvalue weighted by molar-refractivity contribution is 8.01. The zero-order valence-corrected chi connectivity index (χ0v) is 19.2. The van der Waals surface area contributed by atoms with Crippen LogP contribution in [0.2, 0.25) is 0 Å². The number of carbonyl (C=O) groups is 5. The molecule has 0 aliphatic carbocycles. The van der Waals surface area contributed by atoms with Crippen LogP contribution < -0.4 is 5.32 Å². The smallest absolute Gasteiger partial charge is 0.374 e. The third kappa shape index (κ3) is 4.88. The van der Waals surface area contributed by atoms with E-state index in [9.17, 15) is 34.2 Å². The molecular weight excluding hydrogens is 506 g/mol. The average Bonchev–Trinajstić information content (AvgIpc) is 3.44. The number of hydrogen-bond donors (Lipinski definition) is 4. The van der Waals surface area contributed by atoms with Crippen LogP contribution in [0.1, 0.15) is 16.4 Å². The van der Waals surface area contributed by atoms with Gasteiger partial charge in [0.25, 0.3) is 5.91 Å². The molecule has 2 aromatic heterocycles. The quantitative estimate of drug-likeness (QED) is 0.234. The number of carboxylic acids is 3. The molecular formula is C19H17N5O9S2. The number of thioether (sulfide) groups is 2. The molecule has 0 aromatic carbocycles. The van der Waals surface area contributed by atoms with Crippen LogP contribution in [0.4, 0.5) is 0 Å². The summed E-state index contributed by atoms with van der Waals surface area (Å²) in [6, 6.07) is 2.37. The van der Waals surface area contributed by atoms with E-state index in [2.05, 4.69) is 15.5 Å². The Hall–Kier alpha value is -3.79. The molecule has 1 saturated heterocycles. The Kier molecular flexibility index (Phi) is 6.83. The van der Waals surface area contributed by atoms with Crippen LogP contribution in [-0.4, -0.2) is 87.6 Å². The van der Waals surface area contributed by atoms with Crippen LogP contribution in [0.3, 0.4) is 0 Å². The number of hydrogen-bond acceptors (Lipinski definition) is 10. The van der Waals surface area contributed by atoms with E-state index in [0.29, 0.717) is 11.3 Å². The van der Waals surface area contributed by atoms with Crippen LogP contribution in [0.5, 0.6) is 0 Å². The van der Waals surface area contributed by atoms with Crippen LogP contribution in [0, 0.1) is 0 Å². The van der Waals surface area contributed by atoms with Crippen LogP contribution in [0.15, 0.2) is 39.2 Å². The van der Waals surface area contributed by atoms with Gasteiger partial charge in [-0.2, -0.15) is 0 Å². The van der Waals surface area contributed by atoms with E-state index in [1.54, 1.807) is 12.1 Å². The molecule has 35 heavy (non-hydrogen) atoms. The molecule has 0 bridgehead atoms. The van der Waals surface area contributed by atoms with E-state index in [1.807, 2.05) is 0 Å². The lowest BCUT2D eigenvalue weighted by molar-refractivity contribution is -0.150. The highest BCUT2D eigenvalue weighted by Gasteiger charge is 2.54. The third-order valence-electron chi connectivity index (χ3n) is 5.06. The molecule has 2 aromatic rings. The molecule has 0 spiro atoms. The molecule has 1 fully saturated rings. The summed E-state index contributed by atoms with van der Waals surface area (Å²) in [5, 5.41) is 37.2. The van der Waals surface area contributed by atoms with Gasteiger partial charge in [0.15, 0.2) is 5.16 Å². The van der Waals surface area contributed by atoms with Crippen LogP contribution in [0.25, 0.3) is 0 Å². The van der Waals surface area contributed by atoms with E-state index < -0.39 is 53.5 Å². The first-order valence-corrected chi connectivity index (χ1v) is 11.9. The monoisotopic (exact) mass is 523 g/mol. The summed E-state index contributed by atoms with van der Waals surface area (Å²) in [7, 11) is 0. The van der Waals surface area contributed by atoms with Gasteiger partial charge in [0.1, 0.15) is 29.4 Å². The number of amides is 2. The van der Waals surface area contributed by atoms with Crippen molar-refractivity contribution >= 4 is 53.2 Å². The summed E-state index contributed by atoms with van der Waals surface area (Å²) in [6.45, 7) is -0.692. The average molecular weight is 524 g/mol. The standard InChI is InChI=1S/C19H17N5O9S2/c25-10(4-9-2-1-3-33-9)20-12-15(28)24-13(17(29)30)8(6-34-16(12)24)7-35-19-22-21-14(18(31)32)23(19)5-11(26)27/h1-3,12,16H,4-7H2,(H,20,25)(H,26,27)(H,29,30)(H,31,32)/t12-,16-/m1/s1. The maximum Gasteiger partial charge on any atom is 0.374 e. The van der Waals surface area contributed by atoms with Gasteiger partial charge >= 0.3 is 17.9 Å². The fourth-order valence-electron chi connectivity index (χ4n) is 3.57. The number of furan rings is 1. The number of β-lactam (4-membered cyclic amide) rings is 1. The lowest BCUT2D eigenvalue weighted by Gasteiger charge is -2.49. The SMILES string of the molecule is O=C(O)Cn1c(SCC2=C(C(=O)O)N3C(=O)[C@@H](NC(=O)Cc4ccco4)[C@H]3SC2)nnc1C(=O)O. The molecule has 4 rings (SSSR count). The molecule has 2 aliphatic heterocycles. The first kappa shape index (κ1) is 24.3. The number of carboxylic acid groups (broad SMARTS) is 3. The van der Waals surface area contributed by atoms with Crippen molar-refractivity contribution in [3.05, 3.63) is 41.3 Å². The predicted octanol–water partition coefficient (Wildman–Crippen LogP) is -0.273. The summed E-state index contributed by atoms with van der Waals surface area (Å²) >= 11 is 2.17. The minimum absolute atomic E-state index is 0.00196. The van der Waals surface area contributed by atoms with E-state index in [1.165, 1.54) is 18.0 Å². The van der Waals surface area contributed by atoms with E-state index in [-0.39, 0.29) is 28.8 Å². The number of nitrogens with one attached hydrogen (secondary N) is 1. The van der Waals surface area contributed by atoms with Crippen molar-refractivity contribution in [1.82, 2.24) is 25.0 Å². The van der Waals surface area contributed by atoms with E-state index >= 15 is 0 Å². The zero-order chi connectivity index (χ0) is 25.3. The highest BCUT2D eigenvalue weighted by atomic mass is 32.2. The number of aromatic nitrogens is 3. The Morgan fingerprint density at radius 2 is 1.97 bits per heavy atom. The van der Waals surface area contributed by atoms with Gasteiger partial charge in [-0.05, 0) is 17.7 Å². The topological polar surface area (TPSA) is 205 Å². The van der Waals surface area contributed by atoms with Crippen molar-refractivity contribution in [2.24, 2.45) is 0 Å². The summed E-state index contributed by atoms with van der Waals surface area (Å²) in [4.78, 5) is 60.5. The minimum atomic E-state index is -1.46. The fourth-order valence-corrected chi connectivity index (χ4v) is 6.00. The molecule has 14 nitrogen and oxygen atoms in total. The van der Waals surface area contributed by atoms with Gasteiger partial charge in [0, 0.05) is 11.5 Å². The Balaban J connectivity index is 1.48. The number of aromatic carboxylic acids is 1. The second kappa shape index (κ2) is 9.83. The Bertz CT molecular complexity index is 1240. The maximum atomic E-state index is 12.7. The van der Waals surface area contributed by atoms with Crippen molar-refractivity contribution < 1.29 is 43.7 Å². The molecule has 184 valence electrons. The van der Waals surface area contributed by atoms with Crippen molar-refractivity contribution in [2.75, 3.05) is 11.5 Å². The van der Waals surface area contributed by atoms with E-state index in [0.717, 1.165) is 21.2 Å². The molecule has 4 N–H and O–H groups in total. The molecule has 16 heteroatoms. The zero-order valence-electron chi connectivity index (χ0n) is 17.6. The molecule has 0 saturated carbocycles. The summed E-state index contributed by atoms with van der Waals surface area (Å²) < 4.78 is 6.01. The van der Waals surface area contributed by atoms with Crippen LogP contribution >= 0.6 is 23.5 Å². The molecule has 0 unspecified atom stereocenters. The van der Waals surface area contributed by atoms with Gasteiger partial charge in [-0.15, -0.1) is 22.0 Å². The summed E-state index contributed by atoms with van der Waals surface area (Å²) in [5.41, 5.74) is 0.129. The van der Waals surface area contributed by atoms with Gasteiger partial charge in [-0.3, -0.25) is 23.9 Å². The number of carbonyl (C=O) groups excluding carboxylic acids is 2. The molecule has 4 heterocycles. The van der Waals surface area contributed by atoms with Gasteiger partial charge in [-0.1, -0.05) is 11.8 Å². The van der Waals surface area contributed by atoms with Crippen molar-refractivity contribution in [3.63, 3.8) is 0 Å². The highest BCUT2D eigenvalue weighted by Crippen LogP contribution is 2.41. The van der Waals surface area contributed by atoms with Crippen molar-refractivity contribution in [2.45, 2.75) is 29.5 Å². The number of fused-ring (bicyclic) bond motifs is 1. The Morgan fingerprint density at radius 3 is 2.60 bits per heavy atom. The van der Waals surface area contributed by atoms with E-state index in [4.69, 9.17) is 9.52 Å². The molecule has 2 aliphatic rings. The molecule has 2 amide bonds. The van der Waals surface area contributed by atoms with Gasteiger partial charge < -0.3 is 25.1 Å². The summed E-state index contributed by atoms with van der Waals surface area (Å²) in [5.74, 6) is -5.03. The number of nitrogens with zero attached hydrogens (tertiary/aromatic N) is 4. The lowest BCUT2D eigenvalue weighted by atomic mass is 10.0. The normalized spacial score (nSPS) is 19.2. The minimum Gasteiger partial charge on any atom is -0.480 e. The summed E-state index contributed by atoms with van der Waals surface area (Å²) in [6.07, 6.45) is 1.36. The van der Waals surface area contributed by atoms with Gasteiger partial charge in [0.2, 0.25) is 11.7 Å². The van der Waals surface area contributed by atoms with Crippen molar-refractivity contribution in [3.8, 4) is 0 Å². The largest absolute Gasteiger partial charge is 0.480 e. The van der Waals surface area contributed by atoms with Gasteiger partial charge in [0.05, 0.1) is 12.7 Å². The third-order valence-corrected chi connectivity index (χ3v) is 7.45. The second-order valence-electron chi connectivity index (χ2n) is 7.35. The van der Waals surface area contributed by atoms with Gasteiger partial charge in [-0.25, -0.2) is 9.59 Å². The fraction of sp³-hybridized carbons (Fsp3) is 0.316. The number of rotatable bonds is 10. The predicted molar refractivity (Wildman–Crippen MR) is 117 cm³/mol.